The van der Waals surface area contributed by atoms with Gasteiger partial charge in [0.25, 0.3) is 0 Å². The van der Waals surface area contributed by atoms with Gasteiger partial charge in [0, 0.05) is 25.7 Å². The van der Waals surface area contributed by atoms with E-state index in [1.807, 2.05) is 12.1 Å². The lowest BCUT2D eigenvalue weighted by Crippen LogP contribution is -2.54. The molecule has 0 unspecified atom stereocenters. The first-order valence-electron chi connectivity index (χ1n) is 10.1. The van der Waals surface area contributed by atoms with Gasteiger partial charge in [0.1, 0.15) is 6.61 Å². The molecule has 5 nitrogen and oxygen atoms in total. The number of rotatable bonds is 8. The van der Waals surface area contributed by atoms with Crippen molar-refractivity contribution in [3.63, 3.8) is 0 Å². The Morgan fingerprint density at radius 1 is 1.03 bits per heavy atom. The highest BCUT2D eigenvalue weighted by atomic mass is 19.4. The number of piperidine rings is 1. The van der Waals surface area contributed by atoms with E-state index in [0.717, 1.165) is 31.2 Å². The molecule has 1 aliphatic heterocycles. The number of benzene rings is 1. The SMILES string of the molecule is CN=C(NCc1ccc(COCC(F)(F)F)cc1)NCC(C)(C)N1CCCCC1. The molecule has 8 heteroatoms. The summed E-state index contributed by atoms with van der Waals surface area (Å²) >= 11 is 0. The summed E-state index contributed by atoms with van der Waals surface area (Å²) in [7, 11) is 1.74. The van der Waals surface area contributed by atoms with Crippen LogP contribution < -0.4 is 10.6 Å². The van der Waals surface area contributed by atoms with Crippen molar-refractivity contribution in [1.29, 1.82) is 0 Å². The maximum Gasteiger partial charge on any atom is 0.411 e. The van der Waals surface area contributed by atoms with Crippen molar-refractivity contribution in [1.82, 2.24) is 15.5 Å². The number of hydrogen-bond acceptors (Lipinski definition) is 3. The Morgan fingerprint density at radius 3 is 2.24 bits per heavy atom. The molecular weight excluding hydrogens is 381 g/mol. The quantitative estimate of drug-likeness (QED) is 0.503. The molecule has 1 aliphatic rings. The molecule has 1 aromatic carbocycles. The minimum Gasteiger partial charge on any atom is -0.367 e. The maximum absolute atomic E-state index is 12.1. The average Bonchev–Trinajstić information content (AvgIpc) is 2.69. The molecule has 2 rings (SSSR count). The fraction of sp³-hybridized carbons (Fsp3) is 0.667. The number of halogens is 3. The molecule has 29 heavy (non-hydrogen) atoms. The molecule has 0 saturated carbocycles. The van der Waals surface area contributed by atoms with E-state index in [0.29, 0.717) is 12.1 Å². The fourth-order valence-electron chi connectivity index (χ4n) is 3.36. The molecule has 0 atom stereocenters. The number of nitrogens with one attached hydrogen (secondary N) is 2. The highest BCUT2D eigenvalue weighted by Crippen LogP contribution is 2.20. The third-order valence-electron chi connectivity index (χ3n) is 5.14. The zero-order valence-corrected chi connectivity index (χ0v) is 17.6. The number of guanidine groups is 1. The lowest BCUT2D eigenvalue weighted by Gasteiger charge is -2.41. The molecule has 1 saturated heterocycles. The molecule has 0 aliphatic carbocycles. The third-order valence-corrected chi connectivity index (χ3v) is 5.14. The van der Waals surface area contributed by atoms with E-state index in [1.54, 1.807) is 19.2 Å². The van der Waals surface area contributed by atoms with Crippen molar-refractivity contribution < 1.29 is 17.9 Å². The normalized spacial score (nSPS) is 16.7. The van der Waals surface area contributed by atoms with Crippen LogP contribution in [0.5, 0.6) is 0 Å². The first-order chi connectivity index (χ1) is 13.7. The van der Waals surface area contributed by atoms with Gasteiger partial charge in [-0.05, 0) is 50.9 Å². The number of ether oxygens (including phenoxy) is 1. The Kier molecular flexibility index (Phi) is 8.77. The Morgan fingerprint density at radius 2 is 1.66 bits per heavy atom. The van der Waals surface area contributed by atoms with E-state index in [2.05, 4.69) is 39.1 Å². The summed E-state index contributed by atoms with van der Waals surface area (Å²) in [6, 6.07) is 7.32. The first kappa shape index (κ1) is 23.5. The molecule has 0 amide bonds. The summed E-state index contributed by atoms with van der Waals surface area (Å²) in [4.78, 5) is 6.81. The van der Waals surface area contributed by atoms with E-state index in [-0.39, 0.29) is 12.1 Å². The molecule has 1 aromatic rings. The van der Waals surface area contributed by atoms with E-state index in [4.69, 9.17) is 0 Å². The van der Waals surface area contributed by atoms with Gasteiger partial charge in [-0.2, -0.15) is 13.2 Å². The summed E-state index contributed by atoms with van der Waals surface area (Å²) in [5.41, 5.74) is 1.78. The molecule has 0 spiro atoms. The van der Waals surface area contributed by atoms with E-state index < -0.39 is 12.8 Å². The molecule has 0 aromatic heterocycles. The van der Waals surface area contributed by atoms with Crippen molar-refractivity contribution in [2.24, 2.45) is 4.99 Å². The second kappa shape index (κ2) is 10.8. The Balaban J connectivity index is 1.75. The number of hydrogen-bond donors (Lipinski definition) is 2. The van der Waals surface area contributed by atoms with Crippen molar-refractivity contribution in [2.45, 2.75) is 58.0 Å². The predicted octanol–water partition coefficient (Wildman–Crippen LogP) is 3.70. The number of alkyl halides is 3. The summed E-state index contributed by atoms with van der Waals surface area (Å²) in [5.74, 6) is 0.729. The van der Waals surface area contributed by atoms with Crippen LogP contribution in [0.15, 0.2) is 29.3 Å². The van der Waals surface area contributed by atoms with Crippen LogP contribution in [0.1, 0.15) is 44.2 Å². The fourth-order valence-corrected chi connectivity index (χ4v) is 3.36. The van der Waals surface area contributed by atoms with Crippen LogP contribution in [-0.4, -0.2) is 55.9 Å². The van der Waals surface area contributed by atoms with E-state index >= 15 is 0 Å². The monoisotopic (exact) mass is 414 g/mol. The Hall–Kier alpha value is -1.80. The van der Waals surface area contributed by atoms with Crippen LogP contribution in [-0.2, 0) is 17.9 Å². The topological polar surface area (TPSA) is 48.9 Å². The van der Waals surface area contributed by atoms with Crippen LogP contribution in [0.4, 0.5) is 13.2 Å². The highest BCUT2D eigenvalue weighted by molar-refractivity contribution is 5.79. The summed E-state index contributed by atoms with van der Waals surface area (Å²) in [6.45, 7) is 6.86. The van der Waals surface area contributed by atoms with Crippen LogP contribution in [0.3, 0.4) is 0 Å². The smallest absolute Gasteiger partial charge is 0.367 e. The molecule has 0 bridgehead atoms. The van der Waals surface area contributed by atoms with Gasteiger partial charge in [-0.15, -0.1) is 0 Å². The minimum atomic E-state index is -4.30. The summed E-state index contributed by atoms with van der Waals surface area (Å²) in [6.07, 6.45) is -0.465. The second-order valence-corrected chi connectivity index (χ2v) is 8.06. The van der Waals surface area contributed by atoms with E-state index in [9.17, 15) is 13.2 Å². The van der Waals surface area contributed by atoms with Gasteiger partial charge in [0.15, 0.2) is 5.96 Å². The van der Waals surface area contributed by atoms with E-state index in [1.165, 1.54) is 19.3 Å². The lowest BCUT2D eigenvalue weighted by atomic mass is 9.98. The van der Waals surface area contributed by atoms with Gasteiger partial charge in [-0.25, -0.2) is 0 Å². The number of nitrogens with zero attached hydrogens (tertiary/aromatic N) is 2. The van der Waals surface area contributed by atoms with Crippen LogP contribution >= 0.6 is 0 Å². The van der Waals surface area contributed by atoms with Gasteiger partial charge in [-0.1, -0.05) is 30.7 Å². The number of aliphatic imine (C=N–C) groups is 1. The molecule has 164 valence electrons. The maximum atomic E-state index is 12.1. The zero-order valence-electron chi connectivity index (χ0n) is 17.6. The van der Waals surface area contributed by atoms with Crippen molar-refractivity contribution in [3.05, 3.63) is 35.4 Å². The molecule has 1 fully saturated rings. The highest BCUT2D eigenvalue weighted by Gasteiger charge is 2.28. The Bertz CT molecular complexity index is 638. The second-order valence-electron chi connectivity index (χ2n) is 8.06. The van der Waals surface area contributed by atoms with Gasteiger partial charge in [0.05, 0.1) is 6.61 Å². The van der Waals surface area contributed by atoms with Gasteiger partial charge >= 0.3 is 6.18 Å². The predicted molar refractivity (Wildman–Crippen MR) is 110 cm³/mol. The van der Waals surface area contributed by atoms with Gasteiger partial charge < -0.3 is 15.4 Å². The minimum absolute atomic E-state index is 0.0517. The third kappa shape index (κ3) is 8.62. The standard InChI is InChI=1S/C21H33F3N4O/c1-20(2,28-11-5-4-6-12-28)15-27-19(25-3)26-13-17-7-9-18(10-8-17)14-29-16-21(22,23)24/h7-10H,4-6,11-16H2,1-3H3,(H2,25,26,27). The van der Waals surface area contributed by atoms with Crippen LogP contribution in [0.25, 0.3) is 0 Å². The largest absolute Gasteiger partial charge is 0.411 e. The lowest BCUT2D eigenvalue weighted by molar-refractivity contribution is -0.176. The number of likely N-dealkylation sites (tertiary alicyclic amines) is 1. The zero-order chi connectivity index (χ0) is 21.3. The average molecular weight is 415 g/mol. The van der Waals surface area contributed by atoms with Gasteiger partial charge in [0.2, 0.25) is 0 Å². The summed E-state index contributed by atoms with van der Waals surface area (Å²) in [5, 5.41) is 6.69. The van der Waals surface area contributed by atoms with Crippen LogP contribution in [0, 0.1) is 0 Å². The first-order valence-corrected chi connectivity index (χ1v) is 10.1. The Labute approximate surface area is 171 Å². The molecule has 2 N–H and O–H groups in total. The van der Waals surface area contributed by atoms with Crippen molar-refractivity contribution in [3.8, 4) is 0 Å². The molecule has 0 radical (unpaired) electrons. The summed E-state index contributed by atoms with van der Waals surface area (Å²) < 4.78 is 41.0. The molecule has 1 heterocycles. The van der Waals surface area contributed by atoms with Crippen molar-refractivity contribution in [2.75, 3.05) is 33.3 Å². The van der Waals surface area contributed by atoms with Gasteiger partial charge in [-0.3, -0.25) is 9.89 Å². The van der Waals surface area contributed by atoms with Crippen molar-refractivity contribution >= 4 is 5.96 Å². The van der Waals surface area contributed by atoms with Crippen LogP contribution in [0.2, 0.25) is 0 Å². The molecular formula is C21H33F3N4O.